The average molecular weight is 355 g/mol. The Morgan fingerprint density at radius 1 is 0.913 bits per heavy atom. The van der Waals surface area contributed by atoms with Gasteiger partial charge in [-0.3, -0.25) is 0 Å². The van der Waals surface area contributed by atoms with Crippen molar-refractivity contribution in [1.29, 1.82) is 0 Å². The molecule has 0 amide bonds. The first kappa shape index (κ1) is 18.2. The van der Waals surface area contributed by atoms with Crippen LogP contribution < -0.4 is 10.5 Å². The number of nitrogens with one attached hydrogen (secondary N) is 1. The molecule has 0 aliphatic carbocycles. The number of sulfonamides is 1. The molecule has 0 bridgehead atoms. The van der Waals surface area contributed by atoms with Crippen LogP contribution in [0.2, 0.25) is 5.02 Å². The number of halogens is 1. The quantitative estimate of drug-likeness (QED) is 0.675. The molecule has 23 heavy (non-hydrogen) atoms. The van der Waals surface area contributed by atoms with Gasteiger partial charge in [0.05, 0.1) is 4.90 Å². The third kappa shape index (κ3) is 4.91. The Labute approximate surface area is 143 Å². The lowest BCUT2D eigenvalue weighted by molar-refractivity contribution is 0.570. The van der Waals surface area contributed by atoms with Crippen LogP contribution in [-0.4, -0.2) is 21.5 Å². The molecule has 0 saturated heterocycles. The SMILES string of the molecule is NCCCCCCCNS(=O)(=O)c1cccc2c(Cl)cccc12. The van der Waals surface area contributed by atoms with Gasteiger partial charge in [-0.15, -0.1) is 0 Å². The molecule has 0 heterocycles. The number of fused-ring (bicyclic) bond motifs is 1. The molecule has 0 fully saturated rings. The van der Waals surface area contributed by atoms with Gasteiger partial charge in [-0.05, 0) is 31.5 Å². The van der Waals surface area contributed by atoms with Crippen molar-refractivity contribution >= 4 is 32.4 Å². The fourth-order valence-electron chi connectivity index (χ4n) is 2.56. The van der Waals surface area contributed by atoms with Crippen molar-refractivity contribution in [2.24, 2.45) is 5.73 Å². The first-order valence-corrected chi connectivity index (χ1v) is 9.79. The topological polar surface area (TPSA) is 72.2 Å². The largest absolute Gasteiger partial charge is 0.330 e. The van der Waals surface area contributed by atoms with E-state index >= 15 is 0 Å². The zero-order valence-electron chi connectivity index (χ0n) is 13.1. The third-order valence-electron chi connectivity index (χ3n) is 3.79. The maximum atomic E-state index is 12.5. The van der Waals surface area contributed by atoms with Gasteiger partial charge in [0.1, 0.15) is 0 Å². The number of hydrogen-bond donors (Lipinski definition) is 2. The predicted molar refractivity (Wildman–Crippen MR) is 96.3 cm³/mol. The van der Waals surface area contributed by atoms with E-state index in [0.29, 0.717) is 17.0 Å². The fourth-order valence-corrected chi connectivity index (χ4v) is 4.09. The molecule has 0 aliphatic heterocycles. The molecular weight excluding hydrogens is 332 g/mol. The summed E-state index contributed by atoms with van der Waals surface area (Å²) < 4.78 is 27.7. The summed E-state index contributed by atoms with van der Waals surface area (Å²) in [5.74, 6) is 0. The van der Waals surface area contributed by atoms with E-state index in [1.807, 2.05) is 6.07 Å². The smallest absolute Gasteiger partial charge is 0.241 e. The summed E-state index contributed by atoms with van der Waals surface area (Å²) in [4.78, 5) is 0.278. The number of rotatable bonds is 9. The van der Waals surface area contributed by atoms with Crippen molar-refractivity contribution < 1.29 is 8.42 Å². The van der Waals surface area contributed by atoms with Crippen LogP contribution in [0.4, 0.5) is 0 Å². The van der Waals surface area contributed by atoms with Gasteiger partial charge >= 0.3 is 0 Å². The minimum atomic E-state index is -3.53. The Hall–Kier alpha value is -1.14. The second kappa shape index (κ2) is 8.64. The lowest BCUT2D eigenvalue weighted by Crippen LogP contribution is -2.25. The highest BCUT2D eigenvalue weighted by Crippen LogP contribution is 2.28. The number of nitrogens with two attached hydrogens (primary N) is 1. The van der Waals surface area contributed by atoms with Crippen LogP contribution in [0.3, 0.4) is 0 Å². The summed E-state index contributed by atoms with van der Waals surface area (Å²) in [6.07, 6.45) is 5.05. The van der Waals surface area contributed by atoms with Crippen molar-refractivity contribution in [2.75, 3.05) is 13.1 Å². The summed E-state index contributed by atoms with van der Waals surface area (Å²) in [5.41, 5.74) is 5.45. The monoisotopic (exact) mass is 354 g/mol. The second-order valence-corrected chi connectivity index (χ2v) is 7.69. The lowest BCUT2D eigenvalue weighted by Gasteiger charge is -2.10. The highest BCUT2D eigenvalue weighted by Gasteiger charge is 2.17. The van der Waals surface area contributed by atoms with Gasteiger partial charge in [0, 0.05) is 22.3 Å². The van der Waals surface area contributed by atoms with Gasteiger partial charge in [-0.1, -0.05) is 55.1 Å². The molecule has 0 saturated carbocycles. The van der Waals surface area contributed by atoms with Gasteiger partial charge in [0.15, 0.2) is 0 Å². The standard InChI is InChI=1S/C17H23ClN2O2S/c18-16-10-6-9-15-14(16)8-7-11-17(15)23(21,22)20-13-5-3-1-2-4-12-19/h6-11,20H,1-5,12-13,19H2. The van der Waals surface area contributed by atoms with Gasteiger partial charge in [-0.2, -0.15) is 0 Å². The Bertz CT molecular complexity index is 747. The van der Waals surface area contributed by atoms with Gasteiger partial charge < -0.3 is 5.73 Å². The summed E-state index contributed by atoms with van der Waals surface area (Å²) in [6, 6.07) is 10.5. The zero-order chi connectivity index (χ0) is 16.7. The Kier molecular flexibility index (Phi) is 6.84. The molecule has 2 rings (SSSR count). The first-order valence-electron chi connectivity index (χ1n) is 7.93. The van der Waals surface area contributed by atoms with Gasteiger partial charge in [0.2, 0.25) is 10.0 Å². The normalized spacial score (nSPS) is 11.9. The molecule has 0 unspecified atom stereocenters. The van der Waals surface area contributed by atoms with E-state index in [1.165, 1.54) is 0 Å². The molecular formula is C17H23ClN2O2S. The molecule has 0 atom stereocenters. The van der Waals surface area contributed by atoms with E-state index in [1.54, 1.807) is 30.3 Å². The van der Waals surface area contributed by atoms with E-state index < -0.39 is 10.0 Å². The van der Waals surface area contributed by atoms with E-state index in [0.717, 1.165) is 44.0 Å². The van der Waals surface area contributed by atoms with E-state index in [4.69, 9.17) is 17.3 Å². The van der Waals surface area contributed by atoms with Gasteiger partial charge in [-0.25, -0.2) is 13.1 Å². The molecule has 0 radical (unpaired) electrons. The van der Waals surface area contributed by atoms with Crippen LogP contribution in [0.15, 0.2) is 41.3 Å². The average Bonchev–Trinajstić information content (AvgIpc) is 2.54. The molecule has 0 aliphatic rings. The van der Waals surface area contributed by atoms with E-state index in [-0.39, 0.29) is 4.90 Å². The number of benzene rings is 2. The molecule has 6 heteroatoms. The third-order valence-corrected chi connectivity index (χ3v) is 5.64. The second-order valence-electron chi connectivity index (χ2n) is 5.55. The van der Waals surface area contributed by atoms with Crippen LogP contribution in [0.25, 0.3) is 10.8 Å². The summed E-state index contributed by atoms with van der Waals surface area (Å²) >= 11 is 6.14. The Morgan fingerprint density at radius 2 is 1.57 bits per heavy atom. The van der Waals surface area contributed by atoms with Crippen LogP contribution in [-0.2, 0) is 10.0 Å². The maximum absolute atomic E-state index is 12.5. The first-order chi connectivity index (χ1) is 11.1. The van der Waals surface area contributed by atoms with Crippen molar-refractivity contribution in [2.45, 2.75) is 37.0 Å². The highest BCUT2D eigenvalue weighted by atomic mass is 35.5. The Morgan fingerprint density at radius 3 is 2.35 bits per heavy atom. The fraction of sp³-hybridized carbons (Fsp3) is 0.412. The molecule has 126 valence electrons. The van der Waals surface area contributed by atoms with Crippen LogP contribution in [0, 0.1) is 0 Å². The van der Waals surface area contributed by atoms with Crippen molar-refractivity contribution in [1.82, 2.24) is 4.72 Å². The molecule has 4 nitrogen and oxygen atoms in total. The van der Waals surface area contributed by atoms with E-state index in [2.05, 4.69) is 4.72 Å². The zero-order valence-corrected chi connectivity index (χ0v) is 14.7. The molecule has 0 spiro atoms. The van der Waals surface area contributed by atoms with Crippen LogP contribution >= 0.6 is 11.6 Å². The number of unbranched alkanes of at least 4 members (excludes halogenated alkanes) is 4. The molecule has 2 aromatic carbocycles. The minimum absolute atomic E-state index is 0.278. The maximum Gasteiger partial charge on any atom is 0.241 e. The van der Waals surface area contributed by atoms with E-state index in [9.17, 15) is 8.42 Å². The summed E-state index contributed by atoms with van der Waals surface area (Å²) in [7, 11) is -3.53. The summed E-state index contributed by atoms with van der Waals surface area (Å²) in [6.45, 7) is 1.16. The lowest BCUT2D eigenvalue weighted by atomic mass is 10.1. The molecule has 2 aromatic rings. The number of hydrogen-bond acceptors (Lipinski definition) is 3. The van der Waals surface area contributed by atoms with Crippen molar-refractivity contribution in [3.05, 3.63) is 41.4 Å². The van der Waals surface area contributed by atoms with Crippen molar-refractivity contribution in [3.8, 4) is 0 Å². The predicted octanol–water partition coefficient (Wildman–Crippen LogP) is 3.68. The van der Waals surface area contributed by atoms with Gasteiger partial charge in [0.25, 0.3) is 0 Å². The molecule has 3 N–H and O–H groups in total. The summed E-state index contributed by atoms with van der Waals surface area (Å²) in [5, 5.41) is 1.95. The van der Waals surface area contributed by atoms with Crippen molar-refractivity contribution in [3.63, 3.8) is 0 Å². The van der Waals surface area contributed by atoms with Crippen LogP contribution in [0.5, 0.6) is 0 Å². The minimum Gasteiger partial charge on any atom is -0.330 e. The molecule has 0 aromatic heterocycles. The van der Waals surface area contributed by atoms with Crippen LogP contribution in [0.1, 0.15) is 32.1 Å². The Balaban J connectivity index is 2.02. The highest BCUT2D eigenvalue weighted by molar-refractivity contribution is 7.89.